The van der Waals surface area contributed by atoms with Crippen molar-refractivity contribution in [3.8, 4) is 6.07 Å². The normalized spacial score (nSPS) is 17.2. The van der Waals surface area contributed by atoms with Gasteiger partial charge in [0.15, 0.2) is 6.54 Å². The number of rotatable bonds is 5. The van der Waals surface area contributed by atoms with Gasteiger partial charge in [0.1, 0.15) is 17.1 Å². The highest BCUT2D eigenvalue weighted by Gasteiger charge is 2.25. The quantitative estimate of drug-likeness (QED) is 0.820. The fraction of sp³-hybridized carbons (Fsp3) is 0.400. The lowest BCUT2D eigenvalue weighted by Gasteiger charge is -2.17. The van der Waals surface area contributed by atoms with Crippen LogP contribution in [0.3, 0.4) is 0 Å². The highest BCUT2D eigenvalue weighted by Crippen LogP contribution is 2.39. The van der Waals surface area contributed by atoms with Gasteiger partial charge in [-0.05, 0) is 49.8 Å². The SMILES string of the molecule is C[C@H]1CCc2c(sc(NC(=O)C[NH2+][C@@H](C)c3ccc(Cl)cc3)c2C#N)C1. The number of anilines is 1. The van der Waals surface area contributed by atoms with Crippen LogP contribution in [0.5, 0.6) is 0 Å². The monoisotopic (exact) mass is 388 g/mol. The molecule has 0 radical (unpaired) electrons. The Balaban J connectivity index is 1.62. The van der Waals surface area contributed by atoms with E-state index in [-0.39, 0.29) is 11.9 Å². The topological polar surface area (TPSA) is 69.5 Å². The number of carbonyl (C=O) groups excluding carboxylic acids is 1. The highest BCUT2D eigenvalue weighted by atomic mass is 35.5. The smallest absolute Gasteiger partial charge is 0.280 e. The number of benzene rings is 1. The summed E-state index contributed by atoms with van der Waals surface area (Å²) in [5.41, 5.74) is 2.93. The van der Waals surface area contributed by atoms with Gasteiger partial charge in [0, 0.05) is 15.5 Å². The molecule has 1 heterocycles. The summed E-state index contributed by atoms with van der Waals surface area (Å²) >= 11 is 7.48. The molecule has 2 atom stereocenters. The number of nitrogens with one attached hydrogen (secondary N) is 1. The standard InChI is InChI=1S/C20H22ClN3OS/c1-12-3-8-16-17(10-22)20(26-18(16)9-12)24-19(25)11-23-13(2)14-4-6-15(21)7-5-14/h4-7,12-13,23H,3,8-9,11H2,1-2H3,(H,24,25)/p+1/t12-,13-/m0/s1. The van der Waals surface area contributed by atoms with Gasteiger partial charge in [-0.3, -0.25) is 4.79 Å². The number of nitrogens with zero attached hydrogens (tertiary/aromatic N) is 1. The molecule has 0 fully saturated rings. The Kier molecular flexibility index (Phi) is 5.98. The van der Waals surface area contributed by atoms with Crippen LogP contribution >= 0.6 is 22.9 Å². The summed E-state index contributed by atoms with van der Waals surface area (Å²) in [5.74, 6) is 0.568. The van der Waals surface area contributed by atoms with Crippen LogP contribution in [0.1, 0.15) is 47.9 Å². The molecule has 2 aromatic rings. The van der Waals surface area contributed by atoms with Gasteiger partial charge in [-0.2, -0.15) is 5.26 Å². The fourth-order valence-corrected chi connectivity index (χ4v) is 4.82. The Morgan fingerprint density at radius 2 is 2.19 bits per heavy atom. The molecular formula is C20H23ClN3OS+. The lowest BCUT2D eigenvalue weighted by molar-refractivity contribution is -0.682. The lowest BCUT2D eigenvalue weighted by Crippen LogP contribution is -2.86. The molecule has 1 aliphatic carbocycles. The first-order valence-electron chi connectivity index (χ1n) is 8.91. The van der Waals surface area contributed by atoms with Gasteiger partial charge in [-0.1, -0.05) is 30.7 Å². The Hall–Kier alpha value is -1.87. The van der Waals surface area contributed by atoms with Crippen molar-refractivity contribution < 1.29 is 10.1 Å². The van der Waals surface area contributed by atoms with Crippen LogP contribution in [0.25, 0.3) is 0 Å². The van der Waals surface area contributed by atoms with Gasteiger partial charge >= 0.3 is 0 Å². The van der Waals surface area contributed by atoms with E-state index in [0.29, 0.717) is 28.0 Å². The molecular weight excluding hydrogens is 366 g/mol. The van der Waals surface area contributed by atoms with Crippen LogP contribution in [0.4, 0.5) is 5.00 Å². The maximum atomic E-state index is 12.4. The summed E-state index contributed by atoms with van der Waals surface area (Å²) in [6, 6.07) is 10.1. The summed E-state index contributed by atoms with van der Waals surface area (Å²) < 4.78 is 0. The van der Waals surface area contributed by atoms with E-state index >= 15 is 0 Å². The highest BCUT2D eigenvalue weighted by molar-refractivity contribution is 7.16. The molecule has 0 saturated carbocycles. The van der Waals surface area contributed by atoms with Crippen molar-refractivity contribution in [3.63, 3.8) is 0 Å². The van der Waals surface area contributed by atoms with Gasteiger partial charge in [0.25, 0.3) is 5.91 Å². The van der Waals surface area contributed by atoms with Crippen molar-refractivity contribution in [2.45, 2.75) is 39.2 Å². The number of amides is 1. The van der Waals surface area contributed by atoms with Crippen molar-refractivity contribution in [2.75, 3.05) is 11.9 Å². The third kappa shape index (κ3) is 4.27. The van der Waals surface area contributed by atoms with E-state index in [9.17, 15) is 10.1 Å². The van der Waals surface area contributed by atoms with E-state index in [1.54, 1.807) is 11.3 Å². The van der Waals surface area contributed by atoms with Gasteiger partial charge in [-0.25, -0.2) is 0 Å². The van der Waals surface area contributed by atoms with E-state index in [1.165, 1.54) is 4.88 Å². The minimum absolute atomic E-state index is 0.0750. The van der Waals surface area contributed by atoms with Gasteiger partial charge in [-0.15, -0.1) is 11.3 Å². The molecule has 3 N–H and O–H groups in total. The third-order valence-corrected chi connectivity index (χ3v) is 6.35. The van der Waals surface area contributed by atoms with Crippen molar-refractivity contribution in [3.05, 3.63) is 50.9 Å². The minimum atomic E-state index is -0.0750. The maximum Gasteiger partial charge on any atom is 0.280 e. The fourth-order valence-electron chi connectivity index (χ4n) is 3.32. The summed E-state index contributed by atoms with van der Waals surface area (Å²) in [6.07, 6.45) is 3.05. The first kappa shape index (κ1) is 18.9. The molecule has 6 heteroatoms. The molecule has 0 aliphatic heterocycles. The summed E-state index contributed by atoms with van der Waals surface area (Å²) in [4.78, 5) is 13.6. The average molecular weight is 389 g/mol. The Morgan fingerprint density at radius 3 is 2.88 bits per heavy atom. The van der Waals surface area contributed by atoms with Crippen molar-refractivity contribution >= 4 is 33.8 Å². The number of nitrogens with two attached hydrogens (primary N) is 1. The van der Waals surface area contributed by atoms with E-state index < -0.39 is 0 Å². The van der Waals surface area contributed by atoms with Crippen LogP contribution in [0, 0.1) is 17.2 Å². The first-order chi connectivity index (χ1) is 12.5. The number of nitriles is 1. The molecule has 4 nitrogen and oxygen atoms in total. The molecule has 0 saturated heterocycles. The summed E-state index contributed by atoms with van der Waals surface area (Å²) in [5, 5.41) is 15.9. The maximum absolute atomic E-state index is 12.4. The van der Waals surface area contributed by atoms with Crippen molar-refractivity contribution in [2.24, 2.45) is 5.92 Å². The second-order valence-corrected chi connectivity index (χ2v) is 8.54. The number of halogens is 1. The van der Waals surface area contributed by atoms with Gasteiger partial charge in [0.05, 0.1) is 5.56 Å². The summed E-state index contributed by atoms with van der Waals surface area (Å²) in [6.45, 7) is 4.61. The molecule has 26 heavy (non-hydrogen) atoms. The molecule has 1 aromatic carbocycles. The predicted octanol–water partition coefficient (Wildman–Crippen LogP) is 3.66. The van der Waals surface area contributed by atoms with Crippen LogP contribution < -0.4 is 10.6 Å². The van der Waals surface area contributed by atoms with E-state index in [2.05, 4.69) is 25.2 Å². The van der Waals surface area contributed by atoms with E-state index in [0.717, 1.165) is 30.4 Å². The lowest BCUT2D eigenvalue weighted by atomic mass is 9.89. The molecule has 0 bridgehead atoms. The first-order valence-corrected chi connectivity index (χ1v) is 10.1. The number of carbonyl (C=O) groups is 1. The summed E-state index contributed by atoms with van der Waals surface area (Å²) in [7, 11) is 0. The number of quaternary nitrogens is 1. The molecule has 136 valence electrons. The van der Waals surface area contributed by atoms with E-state index in [4.69, 9.17) is 11.6 Å². The Bertz CT molecular complexity index is 838. The molecule has 1 amide bonds. The molecule has 1 aromatic heterocycles. The van der Waals surface area contributed by atoms with Crippen LogP contribution in [0.15, 0.2) is 24.3 Å². The zero-order valence-electron chi connectivity index (χ0n) is 15.0. The largest absolute Gasteiger partial charge is 0.333 e. The van der Waals surface area contributed by atoms with Gasteiger partial charge in [0.2, 0.25) is 0 Å². The Morgan fingerprint density at radius 1 is 1.46 bits per heavy atom. The minimum Gasteiger partial charge on any atom is -0.333 e. The molecule has 3 rings (SSSR count). The van der Waals surface area contributed by atoms with Crippen LogP contribution in [0.2, 0.25) is 5.02 Å². The van der Waals surface area contributed by atoms with Crippen molar-refractivity contribution in [1.82, 2.24) is 0 Å². The molecule has 1 aliphatic rings. The predicted molar refractivity (Wildman–Crippen MR) is 106 cm³/mol. The average Bonchev–Trinajstić information content (AvgIpc) is 2.96. The van der Waals surface area contributed by atoms with E-state index in [1.807, 2.05) is 29.6 Å². The zero-order chi connectivity index (χ0) is 18.7. The van der Waals surface area contributed by atoms with Crippen LogP contribution in [-0.2, 0) is 17.6 Å². The second kappa shape index (κ2) is 8.22. The zero-order valence-corrected chi connectivity index (χ0v) is 16.6. The molecule has 0 unspecified atom stereocenters. The van der Waals surface area contributed by atoms with Gasteiger partial charge < -0.3 is 10.6 Å². The number of fused-ring (bicyclic) bond motifs is 1. The number of thiophene rings is 1. The van der Waals surface area contributed by atoms with Crippen LogP contribution in [-0.4, -0.2) is 12.5 Å². The Labute approximate surface area is 163 Å². The number of hydrogen-bond donors (Lipinski definition) is 2. The van der Waals surface area contributed by atoms with Crippen molar-refractivity contribution in [1.29, 1.82) is 5.26 Å². The third-order valence-electron chi connectivity index (χ3n) is 4.93. The second-order valence-electron chi connectivity index (χ2n) is 7.00. The number of hydrogen-bond acceptors (Lipinski definition) is 3. The molecule has 0 spiro atoms.